The van der Waals surface area contributed by atoms with Crippen LogP contribution in [0.5, 0.6) is 5.75 Å². The van der Waals surface area contributed by atoms with Crippen LogP contribution < -0.4 is 10.9 Å². The molecule has 9 heteroatoms. The van der Waals surface area contributed by atoms with E-state index in [2.05, 4.69) is 21.2 Å². The molecular formula is C30H23BrF2N2O4. The second-order valence-corrected chi connectivity index (χ2v) is 10.2. The Hall–Kier alpha value is -4.24. The molecule has 2 N–H and O–H groups in total. The van der Waals surface area contributed by atoms with Crippen molar-refractivity contribution >= 4 is 32.8 Å². The molecule has 5 aromatic rings. The second-order valence-electron chi connectivity index (χ2n) is 9.25. The summed E-state index contributed by atoms with van der Waals surface area (Å²) < 4.78 is 37.1. The zero-order valence-corrected chi connectivity index (χ0v) is 22.6. The van der Waals surface area contributed by atoms with Gasteiger partial charge in [-0.15, -0.1) is 0 Å². The van der Waals surface area contributed by atoms with E-state index in [0.29, 0.717) is 26.7 Å². The van der Waals surface area contributed by atoms with Gasteiger partial charge in [0.1, 0.15) is 29.0 Å². The van der Waals surface area contributed by atoms with Crippen molar-refractivity contribution in [3.63, 3.8) is 0 Å². The van der Waals surface area contributed by atoms with Crippen LogP contribution in [0.15, 0.2) is 86.8 Å². The molecule has 1 unspecified atom stereocenters. The quantitative estimate of drug-likeness (QED) is 0.235. The maximum atomic E-state index is 15.2. The van der Waals surface area contributed by atoms with E-state index in [0.717, 1.165) is 10.1 Å². The highest BCUT2D eigenvalue weighted by atomic mass is 79.9. The minimum atomic E-state index is -1.39. The van der Waals surface area contributed by atoms with E-state index in [1.54, 1.807) is 31.2 Å². The van der Waals surface area contributed by atoms with Gasteiger partial charge in [0.25, 0.3) is 5.56 Å². The Morgan fingerprint density at radius 3 is 2.64 bits per heavy atom. The Morgan fingerprint density at radius 2 is 1.87 bits per heavy atom. The monoisotopic (exact) mass is 592 g/mol. The van der Waals surface area contributed by atoms with E-state index < -0.39 is 29.1 Å². The Morgan fingerprint density at radius 1 is 1.08 bits per heavy atom. The number of nitrogens with zero attached hydrogens (tertiary/aromatic N) is 1. The average molecular weight is 593 g/mol. The first-order chi connectivity index (χ1) is 18.7. The molecule has 2 heterocycles. The fourth-order valence-corrected chi connectivity index (χ4v) is 5.13. The van der Waals surface area contributed by atoms with E-state index >= 15 is 8.78 Å². The molecule has 0 aliphatic carbocycles. The van der Waals surface area contributed by atoms with Gasteiger partial charge in [0.15, 0.2) is 0 Å². The fourth-order valence-electron chi connectivity index (χ4n) is 4.75. The van der Waals surface area contributed by atoms with Crippen LogP contribution in [-0.2, 0) is 11.3 Å². The number of benzene rings is 3. The topological polar surface area (TPSA) is 84.5 Å². The van der Waals surface area contributed by atoms with Crippen LogP contribution in [0.2, 0.25) is 0 Å². The number of hydrogen-bond donors (Lipinski definition) is 2. The molecule has 0 bridgehead atoms. The van der Waals surface area contributed by atoms with Gasteiger partial charge in [0, 0.05) is 33.9 Å². The summed E-state index contributed by atoms with van der Waals surface area (Å²) in [6.45, 7) is 3.20. The van der Waals surface area contributed by atoms with Crippen molar-refractivity contribution in [2.24, 2.45) is 0 Å². The zero-order chi connectivity index (χ0) is 27.8. The van der Waals surface area contributed by atoms with E-state index in [-0.39, 0.29) is 28.8 Å². The number of aromatic hydroxyl groups is 1. The number of rotatable bonds is 6. The van der Waals surface area contributed by atoms with Crippen molar-refractivity contribution in [2.75, 3.05) is 0 Å². The highest BCUT2D eigenvalue weighted by Crippen LogP contribution is 2.34. The van der Waals surface area contributed by atoms with Crippen LogP contribution in [0.4, 0.5) is 8.78 Å². The molecule has 1 amide bonds. The third kappa shape index (κ3) is 4.97. The number of carbonyl (C=O) groups excluding carboxylic acids is 1. The molecule has 2 aromatic heterocycles. The van der Waals surface area contributed by atoms with Gasteiger partial charge in [0.05, 0.1) is 11.6 Å². The fraction of sp³-hybridized carbons (Fsp3) is 0.133. The minimum Gasteiger partial charge on any atom is -0.507 e. The van der Waals surface area contributed by atoms with Gasteiger partial charge in [-0.05, 0) is 79.1 Å². The summed E-state index contributed by atoms with van der Waals surface area (Å²) in [6, 6.07) is 14.0. The second kappa shape index (κ2) is 10.5. The number of aromatic nitrogens is 1. The predicted molar refractivity (Wildman–Crippen MR) is 148 cm³/mol. The molecule has 1 atom stereocenters. The smallest absolute Gasteiger partial charge is 0.262 e. The van der Waals surface area contributed by atoms with Crippen molar-refractivity contribution in [3.8, 4) is 16.9 Å². The van der Waals surface area contributed by atoms with E-state index in [1.807, 2.05) is 13.0 Å². The van der Waals surface area contributed by atoms with Crippen molar-refractivity contribution in [3.05, 3.63) is 122 Å². The SMILES string of the molecule is Cc1cc(-c2c(C)cccc2O)cc(CNC(=O)C(c2cc(Br)ccc2F)n2ccc3occc3c2=O)c1F. The molecule has 3 aromatic carbocycles. The lowest BCUT2D eigenvalue weighted by molar-refractivity contribution is -0.123. The Bertz CT molecular complexity index is 1770. The van der Waals surface area contributed by atoms with Gasteiger partial charge in [-0.25, -0.2) is 8.78 Å². The summed E-state index contributed by atoms with van der Waals surface area (Å²) in [5.41, 5.74) is 2.20. The van der Waals surface area contributed by atoms with Gasteiger partial charge >= 0.3 is 0 Å². The third-order valence-electron chi connectivity index (χ3n) is 6.65. The van der Waals surface area contributed by atoms with Crippen molar-refractivity contribution < 1.29 is 23.1 Å². The predicted octanol–water partition coefficient (Wildman–Crippen LogP) is 6.53. The maximum absolute atomic E-state index is 15.2. The third-order valence-corrected chi connectivity index (χ3v) is 7.14. The molecule has 0 saturated heterocycles. The molecule has 39 heavy (non-hydrogen) atoms. The summed E-state index contributed by atoms with van der Waals surface area (Å²) in [6.07, 6.45) is 2.72. The number of amides is 1. The largest absolute Gasteiger partial charge is 0.507 e. The van der Waals surface area contributed by atoms with Crippen LogP contribution in [0.1, 0.15) is 28.3 Å². The Kier molecular flexibility index (Phi) is 7.10. The summed E-state index contributed by atoms with van der Waals surface area (Å²) >= 11 is 3.30. The first-order valence-electron chi connectivity index (χ1n) is 12.0. The summed E-state index contributed by atoms with van der Waals surface area (Å²) in [5.74, 6) is -1.86. The van der Waals surface area contributed by atoms with Crippen molar-refractivity contribution in [1.82, 2.24) is 9.88 Å². The normalized spacial score (nSPS) is 12.0. The van der Waals surface area contributed by atoms with E-state index in [1.165, 1.54) is 42.8 Å². The Labute approximate surface area is 230 Å². The van der Waals surface area contributed by atoms with Crippen molar-refractivity contribution in [2.45, 2.75) is 26.4 Å². The number of halogens is 3. The lowest BCUT2D eigenvalue weighted by Crippen LogP contribution is -2.38. The number of phenols is 1. The number of furan rings is 1. The first-order valence-corrected chi connectivity index (χ1v) is 12.8. The highest BCUT2D eigenvalue weighted by Gasteiger charge is 2.28. The van der Waals surface area contributed by atoms with Crippen LogP contribution >= 0.6 is 15.9 Å². The number of phenolic OH excluding ortho intramolecular Hbond substituents is 1. The number of fused-ring (bicyclic) bond motifs is 1. The maximum Gasteiger partial charge on any atom is 0.262 e. The van der Waals surface area contributed by atoms with Gasteiger partial charge in [-0.1, -0.05) is 28.1 Å². The summed E-state index contributed by atoms with van der Waals surface area (Å²) in [5, 5.41) is 13.3. The molecule has 0 radical (unpaired) electrons. The van der Waals surface area contributed by atoms with Crippen LogP contribution in [-0.4, -0.2) is 15.6 Å². The summed E-state index contributed by atoms with van der Waals surface area (Å²) in [7, 11) is 0. The number of pyridine rings is 1. The lowest BCUT2D eigenvalue weighted by Gasteiger charge is -2.21. The highest BCUT2D eigenvalue weighted by molar-refractivity contribution is 9.10. The Balaban J connectivity index is 1.54. The van der Waals surface area contributed by atoms with Gasteiger partial charge in [0.2, 0.25) is 5.91 Å². The lowest BCUT2D eigenvalue weighted by atomic mass is 9.95. The van der Waals surface area contributed by atoms with Crippen molar-refractivity contribution in [1.29, 1.82) is 0 Å². The van der Waals surface area contributed by atoms with E-state index in [4.69, 9.17) is 4.42 Å². The number of carbonyl (C=O) groups is 1. The molecule has 0 aliphatic rings. The standard InChI is InChI=1S/C30H23BrF2N2O4/c1-16-4-3-5-24(36)26(16)18-12-17(2)27(33)19(13-18)15-34-29(37)28(22-14-20(31)6-7-23(22)32)35-10-8-25-21(30(35)38)9-11-39-25/h3-14,28,36H,15H2,1-2H3,(H,34,37). The van der Waals surface area contributed by atoms with Gasteiger partial charge in [-0.2, -0.15) is 0 Å². The minimum absolute atomic E-state index is 0.0398. The first kappa shape index (κ1) is 26.4. The molecule has 0 spiro atoms. The number of hydrogen-bond acceptors (Lipinski definition) is 4. The molecule has 0 fully saturated rings. The molecule has 0 aliphatic heterocycles. The molecule has 0 saturated carbocycles. The molecule has 5 rings (SSSR count). The zero-order valence-electron chi connectivity index (χ0n) is 21.0. The van der Waals surface area contributed by atoms with Gasteiger partial charge < -0.3 is 14.8 Å². The van der Waals surface area contributed by atoms with E-state index in [9.17, 15) is 14.7 Å². The number of nitrogens with one attached hydrogen (secondary N) is 1. The molecule has 6 nitrogen and oxygen atoms in total. The van der Waals surface area contributed by atoms with Crippen LogP contribution in [0.25, 0.3) is 22.1 Å². The van der Waals surface area contributed by atoms with Crippen LogP contribution in [0, 0.1) is 25.5 Å². The molecule has 198 valence electrons. The van der Waals surface area contributed by atoms with Gasteiger partial charge in [-0.3, -0.25) is 14.2 Å². The number of aryl methyl sites for hydroxylation is 2. The summed E-state index contributed by atoms with van der Waals surface area (Å²) in [4.78, 5) is 26.9. The van der Waals surface area contributed by atoms with Crippen LogP contribution in [0.3, 0.4) is 0 Å². The molecular weight excluding hydrogens is 570 g/mol. The average Bonchev–Trinajstić information content (AvgIpc) is 3.38.